The van der Waals surface area contributed by atoms with Crippen LogP contribution in [0.5, 0.6) is 0 Å². The maximum Gasteiger partial charge on any atom is 0.0992 e. The minimum Gasteiger partial charge on any atom is -0.389 e. The molecule has 0 bridgehead atoms. The van der Waals surface area contributed by atoms with Crippen LogP contribution in [0.4, 0.5) is 5.69 Å². The van der Waals surface area contributed by atoms with Gasteiger partial charge in [-0.2, -0.15) is 17.0 Å². The second-order valence-electron chi connectivity index (χ2n) is 4.16. The number of benzene rings is 1. The Hall–Kier alpha value is -1.18. The Morgan fingerprint density at radius 3 is 2.71 bits per heavy atom. The van der Waals surface area contributed by atoms with Crippen LogP contribution >= 0.6 is 11.8 Å². The van der Waals surface area contributed by atoms with Gasteiger partial charge in [-0.05, 0) is 19.1 Å². The van der Waals surface area contributed by atoms with Crippen LogP contribution in [0, 0.1) is 11.3 Å². The summed E-state index contributed by atoms with van der Waals surface area (Å²) in [5, 5.41) is 18.7. The summed E-state index contributed by atoms with van der Waals surface area (Å²) in [6.07, 6.45) is -0.493. The third kappa shape index (κ3) is 2.74. The van der Waals surface area contributed by atoms with Crippen molar-refractivity contribution in [2.75, 3.05) is 29.5 Å². The zero-order chi connectivity index (χ0) is 12.3. The molecule has 3 nitrogen and oxygen atoms in total. The Balaban J connectivity index is 2.37. The highest BCUT2D eigenvalue weighted by atomic mass is 32.2. The number of aliphatic hydroxyl groups is 1. The fraction of sp³-hybridized carbons (Fsp3) is 0.462. The molecule has 1 aliphatic rings. The molecule has 0 spiro atoms. The van der Waals surface area contributed by atoms with Gasteiger partial charge in [0.05, 0.1) is 17.7 Å². The van der Waals surface area contributed by atoms with Crippen molar-refractivity contribution < 1.29 is 5.11 Å². The number of hydrogen-bond donors (Lipinski definition) is 1. The molecule has 1 N–H and O–H groups in total. The standard InChI is InChI=1S/C13H16N2OS/c1-10(16)12-3-2-11(9-14)8-13(12)15-4-6-17-7-5-15/h2-3,8,10,16H,4-7H2,1H3/t10-/m1/s1. The van der Waals surface area contributed by atoms with Crippen LogP contribution in [0.3, 0.4) is 0 Å². The normalized spacial score (nSPS) is 17.6. The van der Waals surface area contributed by atoms with Gasteiger partial charge in [0.25, 0.3) is 0 Å². The molecule has 0 radical (unpaired) electrons. The number of nitriles is 1. The molecule has 17 heavy (non-hydrogen) atoms. The molecule has 1 aromatic rings. The highest BCUT2D eigenvalue weighted by Gasteiger charge is 2.17. The van der Waals surface area contributed by atoms with Crippen LogP contribution < -0.4 is 4.90 Å². The molecule has 0 saturated carbocycles. The third-order valence-corrected chi connectivity index (χ3v) is 3.90. The van der Waals surface area contributed by atoms with Gasteiger partial charge < -0.3 is 10.0 Å². The Bertz CT molecular complexity index is 434. The van der Waals surface area contributed by atoms with Gasteiger partial charge in [-0.25, -0.2) is 0 Å². The Labute approximate surface area is 106 Å². The van der Waals surface area contributed by atoms with Gasteiger partial charge in [-0.15, -0.1) is 0 Å². The maximum atomic E-state index is 9.78. The largest absolute Gasteiger partial charge is 0.389 e. The van der Waals surface area contributed by atoms with E-state index in [0.29, 0.717) is 5.56 Å². The van der Waals surface area contributed by atoms with Gasteiger partial charge >= 0.3 is 0 Å². The molecule has 1 atom stereocenters. The third-order valence-electron chi connectivity index (χ3n) is 2.96. The molecule has 0 aromatic heterocycles. The Kier molecular flexibility index (Phi) is 3.93. The van der Waals surface area contributed by atoms with Crippen molar-refractivity contribution in [1.29, 1.82) is 5.26 Å². The molecule has 1 aliphatic heterocycles. The number of hydrogen-bond acceptors (Lipinski definition) is 4. The van der Waals surface area contributed by atoms with E-state index in [2.05, 4.69) is 11.0 Å². The first-order valence-electron chi connectivity index (χ1n) is 5.77. The van der Waals surface area contributed by atoms with E-state index in [1.54, 1.807) is 13.0 Å². The van der Waals surface area contributed by atoms with Gasteiger partial charge in [-0.3, -0.25) is 0 Å². The quantitative estimate of drug-likeness (QED) is 0.871. The summed E-state index contributed by atoms with van der Waals surface area (Å²) >= 11 is 1.95. The lowest BCUT2D eigenvalue weighted by Gasteiger charge is -2.31. The Morgan fingerprint density at radius 2 is 2.12 bits per heavy atom. The Morgan fingerprint density at radius 1 is 1.41 bits per heavy atom. The maximum absolute atomic E-state index is 9.78. The van der Waals surface area contributed by atoms with Crippen molar-refractivity contribution in [3.8, 4) is 6.07 Å². The SMILES string of the molecule is C[C@@H](O)c1ccc(C#N)cc1N1CCSCC1. The first-order chi connectivity index (χ1) is 8.22. The number of aliphatic hydroxyl groups excluding tert-OH is 1. The second kappa shape index (κ2) is 5.44. The van der Waals surface area contributed by atoms with E-state index in [-0.39, 0.29) is 0 Å². The molecular weight excluding hydrogens is 232 g/mol. The molecule has 0 amide bonds. The number of thioether (sulfide) groups is 1. The van der Waals surface area contributed by atoms with Crippen LogP contribution in [0.1, 0.15) is 24.2 Å². The monoisotopic (exact) mass is 248 g/mol. The summed E-state index contributed by atoms with van der Waals surface area (Å²) in [5.41, 5.74) is 2.58. The van der Waals surface area contributed by atoms with E-state index in [0.717, 1.165) is 35.8 Å². The molecule has 1 heterocycles. The average molecular weight is 248 g/mol. The lowest BCUT2D eigenvalue weighted by molar-refractivity contribution is 0.199. The summed E-state index contributed by atoms with van der Waals surface area (Å²) < 4.78 is 0. The van der Waals surface area contributed by atoms with Crippen molar-refractivity contribution in [3.63, 3.8) is 0 Å². The molecule has 1 saturated heterocycles. The average Bonchev–Trinajstić information content (AvgIpc) is 2.39. The van der Waals surface area contributed by atoms with E-state index in [1.807, 2.05) is 23.9 Å². The number of anilines is 1. The molecule has 90 valence electrons. The van der Waals surface area contributed by atoms with Crippen molar-refractivity contribution in [2.24, 2.45) is 0 Å². The lowest BCUT2D eigenvalue weighted by atomic mass is 10.0. The first kappa shape index (κ1) is 12.3. The smallest absolute Gasteiger partial charge is 0.0992 e. The zero-order valence-corrected chi connectivity index (χ0v) is 10.7. The summed E-state index contributed by atoms with van der Waals surface area (Å²) in [4.78, 5) is 2.26. The summed E-state index contributed by atoms with van der Waals surface area (Å²) in [6.45, 7) is 3.74. The summed E-state index contributed by atoms with van der Waals surface area (Å²) in [6, 6.07) is 7.68. The van der Waals surface area contributed by atoms with Crippen LogP contribution in [-0.2, 0) is 0 Å². The van der Waals surface area contributed by atoms with Crippen LogP contribution in [-0.4, -0.2) is 29.7 Å². The molecular formula is C13H16N2OS. The highest BCUT2D eigenvalue weighted by Crippen LogP contribution is 2.29. The molecule has 0 unspecified atom stereocenters. The lowest BCUT2D eigenvalue weighted by Crippen LogP contribution is -2.33. The highest BCUT2D eigenvalue weighted by molar-refractivity contribution is 7.99. The molecule has 4 heteroatoms. The topological polar surface area (TPSA) is 47.3 Å². The van der Waals surface area contributed by atoms with Crippen molar-refractivity contribution >= 4 is 17.4 Å². The van der Waals surface area contributed by atoms with E-state index < -0.39 is 6.10 Å². The van der Waals surface area contributed by atoms with Gasteiger partial charge in [0.2, 0.25) is 0 Å². The van der Waals surface area contributed by atoms with Gasteiger partial charge in [-0.1, -0.05) is 6.07 Å². The van der Waals surface area contributed by atoms with E-state index in [4.69, 9.17) is 5.26 Å². The van der Waals surface area contributed by atoms with Gasteiger partial charge in [0.1, 0.15) is 0 Å². The summed E-state index contributed by atoms with van der Waals surface area (Å²) in [7, 11) is 0. The van der Waals surface area contributed by atoms with E-state index >= 15 is 0 Å². The molecule has 2 rings (SSSR count). The minimum atomic E-state index is -0.493. The summed E-state index contributed by atoms with van der Waals surface area (Å²) in [5.74, 6) is 2.21. The fourth-order valence-corrected chi connectivity index (χ4v) is 2.95. The zero-order valence-electron chi connectivity index (χ0n) is 9.89. The predicted octanol–water partition coefficient (Wildman–Crippen LogP) is 2.16. The van der Waals surface area contributed by atoms with Crippen LogP contribution in [0.25, 0.3) is 0 Å². The first-order valence-corrected chi connectivity index (χ1v) is 6.92. The fourth-order valence-electron chi connectivity index (χ4n) is 2.04. The number of rotatable bonds is 2. The molecule has 1 fully saturated rings. The molecule has 0 aliphatic carbocycles. The van der Waals surface area contributed by atoms with Crippen molar-refractivity contribution in [1.82, 2.24) is 0 Å². The minimum absolute atomic E-state index is 0.493. The van der Waals surface area contributed by atoms with Gasteiger partial charge in [0, 0.05) is 35.8 Å². The van der Waals surface area contributed by atoms with Crippen molar-refractivity contribution in [2.45, 2.75) is 13.0 Å². The van der Waals surface area contributed by atoms with Crippen molar-refractivity contribution in [3.05, 3.63) is 29.3 Å². The molecule has 1 aromatic carbocycles. The predicted molar refractivity (Wildman–Crippen MR) is 71.3 cm³/mol. The van der Waals surface area contributed by atoms with Crippen LogP contribution in [0.2, 0.25) is 0 Å². The second-order valence-corrected chi connectivity index (χ2v) is 5.39. The van der Waals surface area contributed by atoms with E-state index in [9.17, 15) is 5.11 Å². The number of nitrogens with zero attached hydrogens (tertiary/aromatic N) is 2. The van der Waals surface area contributed by atoms with E-state index in [1.165, 1.54) is 0 Å². The van der Waals surface area contributed by atoms with Crippen LogP contribution in [0.15, 0.2) is 18.2 Å². The van der Waals surface area contributed by atoms with Gasteiger partial charge in [0.15, 0.2) is 0 Å².